The lowest BCUT2D eigenvalue weighted by atomic mass is 9.82. The topological polar surface area (TPSA) is 35.5 Å². The van der Waals surface area contributed by atoms with Crippen molar-refractivity contribution in [3.05, 3.63) is 70.8 Å². The average Bonchev–Trinajstić information content (AvgIpc) is 2.85. The largest absolute Gasteiger partial charge is 0.508 e. The van der Waals surface area contributed by atoms with Crippen molar-refractivity contribution >= 4 is 6.16 Å². The minimum atomic E-state index is -0.462. The molecule has 0 bridgehead atoms. The summed E-state index contributed by atoms with van der Waals surface area (Å²) in [5.41, 5.74) is 5.61. The van der Waals surface area contributed by atoms with Crippen LogP contribution in [0.2, 0.25) is 0 Å². The summed E-state index contributed by atoms with van der Waals surface area (Å²) < 4.78 is 11.4. The van der Waals surface area contributed by atoms with Gasteiger partial charge in [0, 0.05) is 0 Å². The van der Waals surface area contributed by atoms with Crippen molar-refractivity contribution in [1.82, 2.24) is 0 Å². The second-order valence-electron chi connectivity index (χ2n) is 9.62. The third-order valence-electron chi connectivity index (χ3n) is 7.59. The summed E-state index contributed by atoms with van der Waals surface area (Å²) in [4.78, 5) is 12.4. The quantitative estimate of drug-likeness (QED) is 0.437. The molecule has 2 fully saturated rings. The van der Waals surface area contributed by atoms with E-state index in [1.807, 2.05) is 0 Å². The van der Waals surface area contributed by atoms with Gasteiger partial charge in [-0.2, -0.15) is 0 Å². The maximum atomic E-state index is 12.4. The van der Waals surface area contributed by atoms with Gasteiger partial charge in [-0.05, 0) is 98.3 Å². The maximum Gasteiger partial charge on any atom is 0.508 e. The van der Waals surface area contributed by atoms with E-state index < -0.39 is 6.16 Å². The second-order valence-corrected chi connectivity index (χ2v) is 9.62. The van der Waals surface area contributed by atoms with Crippen molar-refractivity contribution in [2.75, 3.05) is 0 Å². The summed E-state index contributed by atoms with van der Waals surface area (Å²) in [6.07, 6.45) is 9.71. The lowest BCUT2D eigenvalue weighted by Gasteiger charge is -2.31. The SMILES string of the molecule is CCc1ccc(C2CCC(OC(=O)OC3CCC(c4ccc(CC)cc4)CC3)CC2)cc1. The summed E-state index contributed by atoms with van der Waals surface area (Å²) in [5, 5.41) is 0. The summed E-state index contributed by atoms with van der Waals surface area (Å²) in [7, 11) is 0. The molecule has 2 aliphatic rings. The van der Waals surface area contributed by atoms with E-state index >= 15 is 0 Å². The zero-order chi connectivity index (χ0) is 22.3. The van der Waals surface area contributed by atoms with Gasteiger partial charge in [-0.15, -0.1) is 0 Å². The van der Waals surface area contributed by atoms with Crippen molar-refractivity contribution in [3.63, 3.8) is 0 Å². The molecule has 3 heteroatoms. The zero-order valence-corrected chi connectivity index (χ0v) is 19.7. The first-order valence-electron chi connectivity index (χ1n) is 12.7. The Labute approximate surface area is 193 Å². The predicted octanol–water partition coefficient (Wildman–Crippen LogP) is 7.72. The molecule has 0 atom stereocenters. The van der Waals surface area contributed by atoms with E-state index in [1.54, 1.807) is 0 Å². The van der Waals surface area contributed by atoms with Crippen LogP contribution in [-0.2, 0) is 22.3 Å². The number of carbonyl (C=O) groups is 1. The Morgan fingerprint density at radius 1 is 0.625 bits per heavy atom. The number of hydrogen-bond donors (Lipinski definition) is 0. The monoisotopic (exact) mass is 434 g/mol. The van der Waals surface area contributed by atoms with Gasteiger partial charge in [0.2, 0.25) is 0 Å². The van der Waals surface area contributed by atoms with Gasteiger partial charge in [0.25, 0.3) is 0 Å². The summed E-state index contributed by atoms with van der Waals surface area (Å²) in [6, 6.07) is 18.0. The first kappa shape index (κ1) is 22.9. The molecule has 0 spiro atoms. The van der Waals surface area contributed by atoms with Gasteiger partial charge in [0.05, 0.1) is 0 Å². The standard InChI is InChI=1S/C29H38O3/c1-3-21-5-9-23(10-6-21)25-13-17-27(18-14-25)31-29(30)32-28-19-15-26(16-20-28)24-11-7-22(4-2)8-12-24/h5-12,25-28H,3-4,13-20H2,1-2H3. The Bertz CT molecular complexity index is 767. The molecular weight excluding hydrogens is 396 g/mol. The molecule has 2 saturated carbocycles. The van der Waals surface area contributed by atoms with E-state index in [2.05, 4.69) is 62.4 Å². The predicted molar refractivity (Wildman–Crippen MR) is 129 cm³/mol. The van der Waals surface area contributed by atoms with Crippen molar-refractivity contribution in [2.45, 2.75) is 102 Å². The molecule has 0 aromatic heterocycles. The highest BCUT2D eigenvalue weighted by Crippen LogP contribution is 2.36. The molecule has 0 amide bonds. The molecule has 3 nitrogen and oxygen atoms in total. The van der Waals surface area contributed by atoms with E-state index in [-0.39, 0.29) is 12.2 Å². The molecule has 2 aromatic rings. The molecule has 0 saturated heterocycles. The van der Waals surface area contributed by atoms with E-state index in [1.165, 1.54) is 22.3 Å². The highest BCUT2D eigenvalue weighted by atomic mass is 16.7. The summed E-state index contributed by atoms with van der Waals surface area (Å²) >= 11 is 0. The first-order valence-corrected chi connectivity index (χ1v) is 12.7. The number of aryl methyl sites for hydroxylation is 2. The van der Waals surface area contributed by atoms with Crippen molar-refractivity contribution in [2.24, 2.45) is 0 Å². The summed E-state index contributed by atoms with van der Waals surface area (Å²) in [6.45, 7) is 4.38. The van der Waals surface area contributed by atoms with Gasteiger partial charge in [0.1, 0.15) is 12.2 Å². The highest BCUT2D eigenvalue weighted by molar-refractivity contribution is 5.60. The molecule has 0 heterocycles. The molecule has 0 N–H and O–H groups in total. The van der Waals surface area contributed by atoms with Crippen LogP contribution in [0.25, 0.3) is 0 Å². The third kappa shape index (κ3) is 5.94. The van der Waals surface area contributed by atoms with Crippen LogP contribution < -0.4 is 0 Å². The molecule has 4 rings (SSSR count). The molecular formula is C29H38O3. The van der Waals surface area contributed by atoms with E-state index in [0.717, 1.165) is 64.2 Å². The molecule has 0 unspecified atom stereocenters. The first-order chi connectivity index (χ1) is 15.6. The van der Waals surface area contributed by atoms with E-state index in [0.29, 0.717) is 11.8 Å². The Morgan fingerprint density at radius 2 is 0.969 bits per heavy atom. The lowest BCUT2D eigenvalue weighted by molar-refractivity contribution is -0.0214. The zero-order valence-electron chi connectivity index (χ0n) is 19.7. The molecule has 0 radical (unpaired) electrons. The highest BCUT2D eigenvalue weighted by Gasteiger charge is 2.28. The van der Waals surface area contributed by atoms with Crippen LogP contribution in [0.15, 0.2) is 48.5 Å². The summed E-state index contributed by atoms with van der Waals surface area (Å²) in [5.74, 6) is 1.16. The van der Waals surface area contributed by atoms with Crippen molar-refractivity contribution < 1.29 is 14.3 Å². The van der Waals surface area contributed by atoms with E-state index in [4.69, 9.17) is 9.47 Å². The molecule has 32 heavy (non-hydrogen) atoms. The number of carbonyl (C=O) groups excluding carboxylic acids is 1. The van der Waals surface area contributed by atoms with Crippen LogP contribution >= 0.6 is 0 Å². The number of benzene rings is 2. The minimum Gasteiger partial charge on any atom is -0.431 e. The van der Waals surface area contributed by atoms with Crippen LogP contribution in [0, 0.1) is 0 Å². The van der Waals surface area contributed by atoms with Crippen LogP contribution in [0.5, 0.6) is 0 Å². The lowest BCUT2D eigenvalue weighted by Crippen LogP contribution is -2.28. The van der Waals surface area contributed by atoms with Crippen LogP contribution in [0.3, 0.4) is 0 Å². The molecule has 2 aliphatic carbocycles. The second kappa shape index (κ2) is 11.0. The van der Waals surface area contributed by atoms with Gasteiger partial charge < -0.3 is 9.47 Å². The van der Waals surface area contributed by atoms with E-state index in [9.17, 15) is 4.79 Å². The maximum absolute atomic E-state index is 12.4. The normalized spacial score (nSPS) is 25.8. The molecule has 172 valence electrons. The number of rotatable bonds is 6. The fraction of sp³-hybridized carbons (Fsp3) is 0.552. The van der Waals surface area contributed by atoms with Gasteiger partial charge in [0.15, 0.2) is 0 Å². The van der Waals surface area contributed by atoms with Gasteiger partial charge in [-0.1, -0.05) is 62.4 Å². The Hall–Kier alpha value is -2.29. The smallest absolute Gasteiger partial charge is 0.431 e. The number of hydrogen-bond acceptors (Lipinski definition) is 3. The average molecular weight is 435 g/mol. The molecule has 0 aliphatic heterocycles. The number of ether oxygens (including phenoxy) is 2. The van der Waals surface area contributed by atoms with Crippen LogP contribution in [0.1, 0.15) is 99.3 Å². The van der Waals surface area contributed by atoms with Gasteiger partial charge >= 0.3 is 6.16 Å². The third-order valence-corrected chi connectivity index (χ3v) is 7.59. The minimum absolute atomic E-state index is 0.00193. The Balaban J connectivity index is 1.17. The van der Waals surface area contributed by atoms with Crippen LogP contribution in [0.4, 0.5) is 4.79 Å². The fourth-order valence-corrected chi connectivity index (χ4v) is 5.38. The Morgan fingerprint density at radius 3 is 1.28 bits per heavy atom. The fourth-order valence-electron chi connectivity index (χ4n) is 5.38. The van der Waals surface area contributed by atoms with Gasteiger partial charge in [-0.25, -0.2) is 4.79 Å². The van der Waals surface area contributed by atoms with Gasteiger partial charge in [-0.3, -0.25) is 0 Å². The van der Waals surface area contributed by atoms with Crippen molar-refractivity contribution in [1.29, 1.82) is 0 Å². The Kier molecular flexibility index (Phi) is 7.89. The van der Waals surface area contributed by atoms with Crippen molar-refractivity contribution in [3.8, 4) is 0 Å². The molecule has 2 aromatic carbocycles. The van der Waals surface area contributed by atoms with Crippen LogP contribution in [-0.4, -0.2) is 18.4 Å².